The van der Waals surface area contributed by atoms with Crippen molar-refractivity contribution in [3.05, 3.63) is 52.9 Å². The molecule has 0 saturated carbocycles. The minimum absolute atomic E-state index is 0.00425. The number of nitrogens with zero attached hydrogens (tertiary/aromatic N) is 1. The van der Waals surface area contributed by atoms with E-state index in [2.05, 4.69) is 4.98 Å². The average Bonchev–Trinajstić information content (AvgIpc) is 3.04. The van der Waals surface area contributed by atoms with E-state index in [4.69, 9.17) is 13.9 Å². The summed E-state index contributed by atoms with van der Waals surface area (Å²) in [5, 5.41) is 9.83. The number of carboxylic acid groups (broad SMARTS) is 1. The van der Waals surface area contributed by atoms with E-state index in [-0.39, 0.29) is 16.2 Å². The van der Waals surface area contributed by atoms with Crippen LogP contribution in [0.4, 0.5) is 0 Å². The number of ether oxygens (including phenoxy) is 2. The molecular weight excluding hydrogens is 366 g/mol. The van der Waals surface area contributed by atoms with E-state index in [0.29, 0.717) is 28.2 Å². The highest BCUT2D eigenvalue weighted by Crippen LogP contribution is 2.33. The smallest absolute Gasteiger partial charge is 0.342 e. The molecule has 0 aliphatic carbocycles. The van der Waals surface area contributed by atoms with Crippen LogP contribution in [0.15, 0.2) is 57.0 Å². The van der Waals surface area contributed by atoms with Crippen molar-refractivity contribution in [3.8, 4) is 11.5 Å². The largest absolute Gasteiger partial charge is 0.493 e. The third kappa shape index (κ3) is 4.62. The van der Waals surface area contributed by atoms with Gasteiger partial charge < -0.3 is 19.0 Å². The first-order valence-electron chi connectivity index (χ1n) is 8.29. The van der Waals surface area contributed by atoms with Crippen molar-refractivity contribution < 1.29 is 23.8 Å². The molecule has 7 heteroatoms. The van der Waals surface area contributed by atoms with Crippen LogP contribution in [-0.2, 0) is 4.79 Å². The van der Waals surface area contributed by atoms with Crippen molar-refractivity contribution in [1.29, 1.82) is 0 Å². The summed E-state index contributed by atoms with van der Waals surface area (Å²) in [6.07, 6.45) is 1.55. The number of rotatable bonds is 7. The molecule has 0 unspecified atom stereocenters. The first-order valence-corrected chi connectivity index (χ1v) is 9.11. The molecule has 0 bridgehead atoms. The fourth-order valence-electron chi connectivity index (χ4n) is 2.40. The molecule has 1 aromatic heterocycles. The molecule has 2 aromatic carbocycles. The summed E-state index contributed by atoms with van der Waals surface area (Å²) in [4.78, 5) is 16.1. The zero-order valence-electron chi connectivity index (χ0n) is 15.1. The number of hydrogen-bond donors (Lipinski definition) is 1. The van der Waals surface area contributed by atoms with Crippen LogP contribution in [0.1, 0.15) is 19.4 Å². The maximum Gasteiger partial charge on any atom is 0.342 e. The van der Waals surface area contributed by atoms with Crippen molar-refractivity contribution in [3.63, 3.8) is 0 Å². The first kappa shape index (κ1) is 18.8. The number of benzene rings is 2. The fourth-order valence-corrected chi connectivity index (χ4v) is 3.15. The molecule has 140 valence electrons. The Morgan fingerprint density at radius 3 is 2.67 bits per heavy atom. The highest BCUT2D eigenvalue weighted by molar-refractivity contribution is 8.03. The third-order valence-corrected chi connectivity index (χ3v) is 4.39. The van der Waals surface area contributed by atoms with Crippen molar-refractivity contribution in [2.45, 2.75) is 25.2 Å². The summed E-state index contributed by atoms with van der Waals surface area (Å²) in [5.41, 5.74) is 1.96. The maximum atomic E-state index is 11.7. The molecule has 0 saturated heterocycles. The first-order chi connectivity index (χ1) is 13.0. The van der Waals surface area contributed by atoms with Crippen LogP contribution in [0.25, 0.3) is 17.2 Å². The Morgan fingerprint density at radius 1 is 1.22 bits per heavy atom. The van der Waals surface area contributed by atoms with Crippen molar-refractivity contribution in [2.24, 2.45) is 0 Å². The van der Waals surface area contributed by atoms with Crippen molar-refractivity contribution in [2.75, 3.05) is 7.11 Å². The van der Waals surface area contributed by atoms with Crippen molar-refractivity contribution >= 4 is 34.9 Å². The number of hydrogen-bond acceptors (Lipinski definition) is 6. The number of carboxylic acids is 1. The molecule has 0 aliphatic heterocycles. The van der Waals surface area contributed by atoms with Gasteiger partial charge in [0.05, 0.1) is 13.2 Å². The van der Waals surface area contributed by atoms with E-state index < -0.39 is 5.97 Å². The van der Waals surface area contributed by atoms with Crippen LogP contribution in [-0.4, -0.2) is 29.3 Å². The number of oxazole rings is 1. The van der Waals surface area contributed by atoms with Gasteiger partial charge in [0.25, 0.3) is 5.22 Å². The second-order valence-electron chi connectivity index (χ2n) is 5.94. The predicted molar refractivity (Wildman–Crippen MR) is 104 cm³/mol. The zero-order chi connectivity index (χ0) is 19.4. The van der Waals surface area contributed by atoms with Gasteiger partial charge in [0.2, 0.25) is 0 Å². The zero-order valence-corrected chi connectivity index (χ0v) is 15.9. The summed E-state index contributed by atoms with van der Waals surface area (Å²) in [5.74, 6) is 0.0749. The number of methoxy groups -OCH3 is 1. The van der Waals surface area contributed by atoms with Crippen LogP contribution in [0, 0.1) is 0 Å². The van der Waals surface area contributed by atoms with E-state index >= 15 is 0 Å². The molecule has 0 atom stereocenters. The number of fused-ring (bicyclic) bond motifs is 1. The van der Waals surface area contributed by atoms with Crippen LogP contribution in [0.2, 0.25) is 0 Å². The van der Waals surface area contributed by atoms with Gasteiger partial charge in [0, 0.05) is 0 Å². The Hall–Kier alpha value is -2.93. The lowest BCUT2D eigenvalue weighted by Gasteiger charge is -2.13. The minimum Gasteiger partial charge on any atom is -0.493 e. The normalized spacial score (nSPS) is 11.8. The molecular formula is C20H19NO5S. The summed E-state index contributed by atoms with van der Waals surface area (Å²) in [6.45, 7) is 3.85. The quantitative estimate of drug-likeness (QED) is 0.460. The number of aromatic nitrogens is 1. The van der Waals surface area contributed by atoms with Crippen molar-refractivity contribution in [1.82, 2.24) is 4.98 Å². The number of thioether (sulfide) groups is 1. The number of aliphatic carboxylic acids is 1. The fraction of sp³-hybridized carbons (Fsp3) is 0.200. The molecule has 0 aliphatic rings. The lowest BCUT2D eigenvalue weighted by Crippen LogP contribution is -2.06. The Labute approximate surface area is 160 Å². The van der Waals surface area contributed by atoms with Crippen LogP contribution >= 0.6 is 11.8 Å². The average molecular weight is 385 g/mol. The van der Waals surface area contributed by atoms with Gasteiger partial charge >= 0.3 is 5.97 Å². The molecule has 3 aromatic rings. The van der Waals surface area contributed by atoms with Gasteiger partial charge in [0.15, 0.2) is 17.1 Å². The number of para-hydroxylation sites is 2. The maximum absolute atomic E-state index is 11.7. The predicted octanol–water partition coefficient (Wildman–Crippen LogP) is 4.84. The Bertz CT molecular complexity index is 960. The lowest BCUT2D eigenvalue weighted by molar-refractivity contribution is -0.131. The molecule has 27 heavy (non-hydrogen) atoms. The summed E-state index contributed by atoms with van der Waals surface area (Å²) in [7, 11) is 1.54. The highest BCUT2D eigenvalue weighted by Gasteiger charge is 2.15. The Morgan fingerprint density at radius 2 is 2.00 bits per heavy atom. The van der Waals surface area contributed by atoms with E-state index in [1.165, 1.54) is 0 Å². The summed E-state index contributed by atoms with van der Waals surface area (Å²) < 4.78 is 16.6. The second-order valence-corrected chi connectivity index (χ2v) is 6.93. The monoisotopic (exact) mass is 385 g/mol. The standard InChI is InChI=1S/C20H19NO5S/c1-12(2)25-16-9-8-13(10-17(16)24-3)11-18(19(22)23)27-20-21-14-6-4-5-7-15(14)26-20/h4-12H,1-3H3,(H,22,23)/b18-11-. The second kappa shape index (κ2) is 8.18. The molecule has 0 fully saturated rings. The highest BCUT2D eigenvalue weighted by atomic mass is 32.2. The lowest BCUT2D eigenvalue weighted by atomic mass is 10.2. The van der Waals surface area contributed by atoms with Crippen LogP contribution in [0.3, 0.4) is 0 Å². The van der Waals surface area contributed by atoms with E-state index in [1.54, 1.807) is 37.5 Å². The molecule has 0 radical (unpaired) electrons. The van der Waals surface area contributed by atoms with Crippen LogP contribution < -0.4 is 9.47 Å². The van der Waals surface area contributed by atoms with E-state index in [1.807, 2.05) is 32.0 Å². The van der Waals surface area contributed by atoms with Gasteiger partial charge in [-0.25, -0.2) is 9.78 Å². The van der Waals surface area contributed by atoms with Gasteiger partial charge in [-0.2, -0.15) is 0 Å². The Kier molecular flexibility index (Phi) is 5.71. The number of carbonyl (C=O) groups is 1. The van der Waals surface area contributed by atoms with Gasteiger partial charge in [-0.15, -0.1) is 0 Å². The molecule has 6 nitrogen and oxygen atoms in total. The van der Waals surface area contributed by atoms with Gasteiger partial charge in [-0.1, -0.05) is 18.2 Å². The van der Waals surface area contributed by atoms with E-state index in [9.17, 15) is 9.90 Å². The van der Waals surface area contributed by atoms with Gasteiger partial charge in [0.1, 0.15) is 10.4 Å². The van der Waals surface area contributed by atoms with Gasteiger partial charge in [-0.05, 0) is 61.5 Å². The molecule has 3 rings (SSSR count). The minimum atomic E-state index is -1.07. The van der Waals surface area contributed by atoms with E-state index in [0.717, 1.165) is 11.8 Å². The molecule has 1 N–H and O–H groups in total. The molecule has 0 spiro atoms. The summed E-state index contributed by atoms with van der Waals surface area (Å²) in [6, 6.07) is 12.5. The van der Waals surface area contributed by atoms with Gasteiger partial charge in [-0.3, -0.25) is 0 Å². The summed E-state index contributed by atoms with van der Waals surface area (Å²) >= 11 is 0.957. The Balaban J connectivity index is 1.90. The SMILES string of the molecule is COc1cc(/C=C(\Sc2nc3ccccc3o2)C(=O)O)ccc1OC(C)C. The third-order valence-electron chi connectivity index (χ3n) is 3.53. The molecule has 1 heterocycles. The molecule has 0 amide bonds. The van der Waals surface area contributed by atoms with Crippen LogP contribution in [0.5, 0.6) is 11.5 Å². The topological polar surface area (TPSA) is 81.8 Å².